The first-order valence-electron chi connectivity index (χ1n) is 7.67. The maximum Gasteiger partial charge on any atom is 0.341 e. The van der Waals surface area contributed by atoms with Crippen LogP contribution in [0.3, 0.4) is 0 Å². The van der Waals surface area contributed by atoms with Gasteiger partial charge in [-0.3, -0.25) is 4.79 Å². The Bertz CT molecular complexity index is 1180. The van der Waals surface area contributed by atoms with Crippen LogP contribution in [0, 0.1) is 0 Å². The summed E-state index contributed by atoms with van der Waals surface area (Å²) in [5, 5.41) is 8.80. The minimum atomic E-state index is -3.70. The number of aromatic nitrogens is 3. The molecule has 1 aromatic carbocycles. The van der Waals surface area contributed by atoms with Gasteiger partial charge >= 0.3 is 5.97 Å². The van der Waals surface area contributed by atoms with Crippen molar-refractivity contribution in [1.29, 1.82) is 0 Å². The second-order valence-electron chi connectivity index (χ2n) is 5.73. The van der Waals surface area contributed by atoms with E-state index in [0.29, 0.717) is 5.69 Å². The highest BCUT2D eigenvalue weighted by molar-refractivity contribution is 7.90. The summed E-state index contributed by atoms with van der Waals surface area (Å²) in [7, 11) is -3.70. The molecule has 0 aliphatic rings. The van der Waals surface area contributed by atoms with Crippen molar-refractivity contribution < 1.29 is 18.3 Å². The number of rotatable bonds is 4. The van der Waals surface area contributed by atoms with Crippen molar-refractivity contribution in [2.45, 2.75) is 18.5 Å². The topological polar surface area (TPSA) is 119 Å². The molecular formula is C17H15N3O5S. The van der Waals surface area contributed by atoms with Crippen molar-refractivity contribution in [3.05, 3.63) is 58.0 Å². The van der Waals surface area contributed by atoms with Gasteiger partial charge in [0.15, 0.2) is 5.65 Å². The Morgan fingerprint density at radius 2 is 1.88 bits per heavy atom. The fourth-order valence-corrected chi connectivity index (χ4v) is 3.01. The molecule has 0 fully saturated rings. The van der Waals surface area contributed by atoms with Crippen LogP contribution < -0.4 is 5.43 Å². The number of carboxylic acids is 1. The lowest BCUT2D eigenvalue weighted by atomic mass is 10.1. The van der Waals surface area contributed by atoms with Crippen molar-refractivity contribution in [3.63, 3.8) is 0 Å². The van der Waals surface area contributed by atoms with Gasteiger partial charge in [-0.15, -0.1) is 0 Å². The monoisotopic (exact) mass is 373 g/mol. The predicted molar refractivity (Wildman–Crippen MR) is 94.6 cm³/mol. The zero-order chi connectivity index (χ0) is 19.1. The highest BCUT2D eigenvalue weighted by Gasteiger charge is 2.19. The average Bonchev–Trinajstić information content (AvgIpc) is 2.61. The van der Waals surface area contributed by atoms with Crippen LogP contribution in [0.25, 0.3) is 16.7 Å². The number of carboxylic acid groups (broad SMARTS) is 1. The minimum Gasteiger partial charge on any atom is -0.477 e. The maximum absolute atomic E-state index is 12.4. The number of benzene rings is 1. The molecule has 0 aliphatic carbocycles. The standard InChI is InChI=1S/C17H15N3O5S/c1-3-10-4-6-11(7-5-10)20-9-13(16(22)23)14(21)12-8-18-17(19-15(12)20)26(2,24)25/h4-9H,3H2,1-2H3,(H,22,23). The van der Waals surface area contributed by atoms with Crippen molar-refractivity contribution in [2.75, 3.05) is 6.26 Å². The first-order chi connectivity index (χ1) is 12.2. The molecule has 0 saturated carbocycles. The van der Waals surface area contributed by atoms with Gasteiger partial charge in [0, 0.05) is 24.3 Å². The molecule has 8 nitrogen and oxygen atoms in total. The van der Waals surface area contributed by atoms with Gasteiger partial charge in [-0.25, -0.2) is 18.2 Å². The number of aromatic carboxylic acids is 1. The van der Waals surface area contributed by atoms with E-state index < -0.39 is 32.0 Å². The Kier molecular flexibility index (Phi) is 4.33. The summed E-state index contributed by atoms with van der Waals surface area (Å²) in [5.41, 5.74) is 0.429. The molecule has 0 spiro atoms. The van der Waals surface area contributed by atoms with E-state index in [-0.39, 0.29) is 11.0 Å². The number of carbonyl (C=O) groups is 1. The summed E-state index contributed by atoms with van der Waals surface area (Å²) in [4.78, 5) is 31.5. The molecule has 0 bridgehead atoms. The summed E-state index contributed by atoms with van der Waals surface area (Å²) < 4.78 is 24.9. The Balaban J connectivity index is 2.42. The summed E-state index contributed by atoms with van der Waals surface area (Å²) in [6, 6.07) is 7.21. The van der Waals surface area contributed by atoms with Gasteiger partial charge in [0.25, 0.3) is 0 Å². The van der Waals surface area contributed by atoms with E-state index in [4.69, 9.17) is 0 Å². The summed E-state index contributed by atoms with van der Waals surface area (Å²) in [5.74, 6) is -1.39. The molecule has 134 valence electrons. The van der Waals surface area contributed by atoms with Gasteiger partial charge in [-0.05, 0) is 24.1 Å². The average molecular weight is 373 g/mol. The van der Waals surface area contributed by atoms with E-state index in [9.17, 15) is 23.1 Å². The number of aryl methyl sites for hydroxylation is 1. The third-order valence-corrected chi connectivity index (χ3v) is 4.77. The van der Waals surface area contributed by atoms with Crippen LogP contribution in [-0.2, 0) is 16.3 Å². The largest absolute Gasteiger partial charge is 0.477 e. The quantitative estimate of drug-likeness (QED) is 0.687. The number of hydrogen-bond donors (Lipinski definition) is 1. The zero-order valence-electron chi connectivity index (χ0n) is 14.0. The van der Waals surface area contributed by atoms with Crippen molar-refractivity contribution in [1.82, 2.24) is 14.5 Å². The van der Waals surface area contributed by atoms with Crippen LogP contribution in [0.2, 0.25) is 0 Å². The number of nitrogens with zero attached hydrogens (tertiary/aromatic N) is 3. The number of hydrogen-bond acceptors (Lipinski definition) is 6. The van der Waals surface area contributed by atoms with Crippen molar-refractivity contribution in [3.8, 4) is 5.69 Å². The molecule has 0 amide bonds. The van der Waals surface area contributed by atoms with Gasteiger partial charge in [0.05, 0.1) is 5.39 Å². The fraction of sp³-hybridized carbons (Fsp3) is 0.176. The molecule has 0 atom stereocenters. The minimum absolute atomic E-state index is 0.0275. The molecule has 9 heteroatoms. The highest BCUT2D eigenvalue weighted by atomic mass is 32.2. The van der Waals surface area contributed by atoms with Crippen molar-refractivity contribution in [2.24, 2.45) is 0 Å². The Morgan fingerprint density at radius 3 is 2.42 bits per heavy atom. The highest BCUT2D eigenvalue weighted by Crippen LogP contribution is 2.18. The Labute approximate surface area is 148 Å². The van der Waals surface area contributed by atoms with Gasteiger partial charge in [-0.2, -0.15) is 4.98 Å². The lowest BCUT2D eigenvalue weighted by molar-refractivity contribution is 0.0695. The van der Waals surface area contributed by atoms with E-state index in [0.717, 1.165) is 30.6 Å². The SMILES string of the molecule is CCc1ccc(-n2cc(C(=O)O)c(=O)c3cnc(S(C)(=O)=O)nc32)cc1. The smallest absolute Gasteiger partial charge is 0.341 e. The van der Waals surface area contributed by atoms with Gasteiger partial charge in [0.1, 0.15) is 5.56 Å². The van der Waals surface area contributed by atoms with E-state index in [1.807, 2.05) is 19.1 Å². The number of pyridine rings is 1. The van der Waals surface area contributed by atoms with Crippen molar-refractivity contribution >= 4 is 26.8 Å². The summed E-state index contributed by atoms with van der Waals surface area (Å²) >= 11 is 0. The van der Waals surface area contributed by atoms with Crippen LogP contribution in [0.1, 0.15) is 22.8 Å². The molecule has 3 aromatic rings. The number of fused-ring (bicyclic) bond motifs is 1. The molecule has 3 rings (SSSR count). The number of sulfone groups is 1. The fourth-order valence-electron chi connectivity index (χ4n) is 2.52. The van der Waals surface area contributed by atoms with E-state index in [1.54, 1.807) is 12.1 Å². The van der Waals surface area contributed by atoms with E-state index in [1.165, 1.54) is 4.57 Å². The molecule has 0 unspecified atom stereocenters. The Hall–Kier alpha value is -3.07. The first-order valence-corrected chi connectivity index (χ1v) is 9.56. The molecule has 2 heterocycles. The van der Waals surface area contributed by atoms with Gasteiger partial charge < -0.3 is 9.67 Å². The molecule has 0 radical (unpaired) electrons. The Morgan fingerprint density at radius 1 is 1.23 bits per heavy atom. The molecule has 26 heavy (non-hydrogen) atoms. The summed E-state index contributed by atoms with van der Waals surface area (Å²) in [6.45, 7) is 2.00. The van der Waals surface area contributed by atoms with Crippen LogP contribution >= 0.6 is 0 Å². The maximum atomic E-state index is 12.4. The molecular weight excluding hydrogens is 358 g/mol. The van der Waals surface area contributed by atoms with E-state index >= 15 is 0 Å². The predicted octanol–water partition coefficient (Wildman–Crippen LogP) is 1.44. The second kappa shape index (κ2) is 6.34. The molecule has 0 aliphatic heterocycles. The molecule has 2 aromatic heterocycles. The van der Waals surface area contributed by atoms with Crippen LogP contribution in [-0.4, -0.2) is 40.3 Å². The lowest BCUT2D eigenvalue weighted by Crippen LogP contribution is -2.20. The zero-order valence-corrected chi connectivity index (χ0v) is 14.8. The second-order valence-corrected chi connectivity index (χ2v) is 7.64. The third-order valence-electron chi connectivity index (χ3n) is 3.91. The molecule has 1 N–H and O–H groups in total. The van der Waals surface area contributed by atoms with Gasteiger partial charge in [-0.1, -0.05) is 19.1 Å². The summed E-state index contributed by atoms with van der Waals surface area (Å²) in [6.07, 6.45) is 3.97. The van der Waals surface area contributed by atoms with E-state index in [2.05, 4.69) is 9.97 Å². The first kappa shape index (κ1) is 17.7. The normalized spacial score (nSPS) is 11.6. The third kappa shape index (κ3) is 3.08. The lowest BCUT2D eigenvalue weighted by Gasteiger charge is -2.12. The molecule has 0 saturated heterocycles. The van der Waals surface area contributed by atoms with Crippen LogP contribution in [0.5, 0.6) is 0 Å². The van der Waals surface area contributed by atoms with Crippen LogP contribution in [0.4, 0.5) is 0 Å². The van der Waals surface area contributed by atoms with Crippen LogP contribution in [0.15, 0.2) is 46.6 Å². The van der Waals surface area contributed by atoms with Gasteiger partial charge in [0.2, 0.25) is 20.4 Å².